The van der Waals surface area contributed by atoms with E-state index >= 15 is 0 Å². The van der Waals surface area contributed by atoms with Gasteiger partial charge >= 0.3 is 0 Å². The molecule has 214 valence electrons. The number of aliphatic hydroxyl groups excluding tert-OH is 1. The number of ether oxygens (including phenoxy) is 2. The number of fused-ring (bicyclic) bond motifs is 2. The van der Waals surface area contributed by atoms with Gasteiger partial charge in [-0.15, -0.1) is 0 Å². The van der Waals surface area contributed by atoms with Crippen molar-refractivity contribution >= 4 is 11.8 Å². The average molecular weight is 544 g/mol. The van der Waals surface area contributed by atoms with Crippen LogP contribution >= 0.6 is 0 Å². The topological polar surface area (TPSA) is 109 Å². The van der Waals surface area contributed by atoms with Crippen molar-refractivity contribution in [3.63, 3.8) is 0 Å². The summed E-state index contributed by atoms with van der Waals surface area (Å²) in [6.07, 6.45) is 2.11. The minimum absolute atomic E-state index is 0.129. The van der Waals surface area contributed by atoms with E-state index in [1.165, 1.54) is 24.8 Å². The molecule has 3 unspecified atom stereocenters. The van der Waals surface area contributed by atoms with E-state index in [1.807, 2.05) is 12.1 Å². The van der Waals surface area contributed by atoms with Gasteiger partial charge in [-0.2, -0.15) is 0 Å². The molecule has 1 aliphatic rings. The van der Waals surface area contributed by atoms with Crippen LogP contribution in [0.1, 0.15) is 49.3 Å². The second kappa shape index (κ2) is 16.2. The minimum atomic E-state index is -0.954. The molecule has 0 aromatic heterocycles. The molecule has 3 atom stereocenters. The van der Waals surface area contributed by atoms with E-state index in [9.17, 15) is 19.1 Å². The molecule has 0 fully saturated rings. The number of aliphatic hydroxyl groups is 1. The lowest BCUT2D eigenvalue weighted by molar-refractivity contribution is -0.129. The summed E-state index contributed by atoms with van der Waals surface area (Å²) in [5.41, 5.74) is 2.94. The Morgan fingerprint density at radius 2 is 2.00 bits per heavy atom. The Morgan fingerprint density at radius 3 is 2.79 bits per heavy atom. The molecule has 4 N–H and O–H groups in total. The van der Waals surface area contributed by atoms with Gasteiger partial charge in [-0.1, -0.05) is 31.2 Å². The summed E-state index contributed by atoms with van der Waals surface area (Å²) in [4.78, 5) is 25.6. The van der Waals surface area contributed by atoms with Crippen LogP contribution in [0.5, 0.6) is 5.75 Å². The second-order valence-corrected chi connectivity index (χ2v) is 10.1. The number of methoxy groups -OCH3 is 1. The van der Waals surface area contributed by atoms with Crippen LogP contribution in [0.3, 0.4) is 0 Å². The first-order chi connectivity index (χ1) is 18.9. The van der Waals surface area contributed by atoms with Crippen LogP contribution in [0.2, 0.25) is 0 Å². The van der Waals surface area contributed by atoms with E-state index in [-0.39, 0.29) is 37.8 Å². The van der Waals surface area contributed by atoms with Crippen LogP contribution in [0, 0.1) is 11.7 Å². The number of aryl methyl sites for hydroxylation is 1. The normalized spacial score (nSPS) is 20.3. The zero-order valence-electron chi connectivity index (χ0n) is 23.0. The third-order valence-electron chi connectivity index (χ3n) is 6.88. The fourth-order valence-corrected chi connectivity index (χ4v) is 4.66. The van der Waals surface area contributed by atoms with Crippen molar-refractivity contribution < 1.29 is 28.6 Å². The fraction of sp³-hybridized carbons (Fsp3) is 0.533. The Bertz CT molecular complexity index is 1070. The number of nitrogens with one attached hydrogen (secondary N) is 3. The van der Waals surface area contributed by atoms with Crippen molar-refractivity contribution in [3.05, 3.63) is 65.0 Å². The minimum Gasteiger partial charge on any atom is -0.493 e. The first kappa shape index (κ1) is 30.5. The first-order valence-electron chi connectivity index (χ1n) is 13.8. The zero-order chi connectivity index (χ0) is 28.0. The summed E-state index contributed by atoms with van der Waals surface area (Å²) in [7, 11) is 1.51. The number of hydrogen-bond acceptors (Lipinski definition) is 6. The van der Waals surface area contributed by atoms with Gasteiger partial charge in [0, 0.05) is 39.2 Å². The maximum absolute atomic E-state index is 14.5. The number of amides is 2. The van der Waals surface area contributed by atoms with Gasteiger partial charge in [0.15, 0.2) is 0 Å². The Balaban J connectivity index is 1.77. The molecule has 1 heterocycles. The van der Waals surface area contributed by atoms with Gasteiger partial charge in [0.05, 0.1) is 31.3 Å². The Labute approximate surface area is 230 Å². The number of carbonyl (C=O) groups is 2. The molecule has 0 aliphatic carbocycles. The predicted molar refractivity (Wildman–Crippen MR) is 148 cm³/mol. The molecular weight excluding hydrogens is 501 g/mol. The van der Waals surface area contributed by atoms with Gasteiger partial charge in [0.2, 0.25) is 11.8 Å². The Morgan fingerprint density at radius 1 is 1.18 bits per heavy atom. The van der Waals surface area contributed by atoms with Gasteiger partial charge in [0.25, 0.3) is 0 Å². The predicted octanol–water partition coefficient (Wildman–Crippen LogP) is 2.90. The van der Waals surface area contributed by atoms with Crippen molar-refractivity contribution in [1.29, 1.82) is 0 Å². The van der Waals surface area contributed by atoms with E-state index in [0.29, 0.717) is 43.9 Å². The Hall–Kier alpha value is -3.01. The van der Waals surface area contributed by atoms with Crippen LogP contribution in [-0.4, -0.2) is 62.5 Å². The number of hydrogen-bond donors (Lipinski definition) is 4. The lowest BCUT2D eigenvalue weighted by Gasteiger charge is -2.27. The summed E-state index contributed by atoms with van der Waals surface area (Å²) >= 11 is 0. The fourth-order valence-electron chi connectivity index (χ4n) is 4.66. The lowest BCUT2D eigenvalue weighted by Crippen LogP contribution is -2.50. The van der Waals surface area contributed by atoms with E-state index < -0.39 is 23.9 Å². The number of benzene rings is 2. The maximum atomic E-state index is 14.5. The van der Waals surface area contributed by atoms with Crippen molar-refractivity contribution in [2.24, 2.45) is 5.92 Å². The number of carbonyl (C=O) groups excluding carboxylic acids is 2. The van der Waals surface area contributed by atoms with Crippen molar-refractivity contribution in [3.8, 4) is 5.75 Å². The highest BCUT2D eigenvalue weighted by Crippen LogP contribution is 2.20. The smallest absolute Gasteiger partial charge is 0.225 e. The van der Waals surface area contributed by atoms with Gasteiger partial charge in [-0.3, -0.25) is 9.59 Å². The molecular formula is C30H42FN3O5. The second-order valence-electron chi connectivity index (χ2n) is 10.1. The molecule has 1 aliphatic heterocycles. The zero-order valence-corrected chi connectivity index (χ0v) is 23.0. The quantitative estimate of drug-likeness (QED) is 0.408. The molecule has 0 spiro atoms. The highest BCUT2D eigenvalue weighted by molar-refractivity contribution is 5.81. The van der Waals surface area contributed by atoms with Crippen molar-refractivity contribution in [1.82, 2.24) is 16.0 Å². The molecule has 39 heavy (non-hydrogen) atoms. The maximum Gasteiger partial charge on any atom is 0.225 e. The van der Waals surface area contributed by atoms with E-state index in [1.54, 1.807) is 6.07 Å². The molecule has 0 saturated heterocycles. The summed E-state index contributed by atoms with van der Waals surface area (Å²) in [5, 5.41) is 20.2. The molecule has 0 radical (unpaired) electrons. The van der Waals surface area contributed by atoms with Crippen LogP contribution in [-0.2, 0) is 33.7 Å². The molecule has 2 bridgehead atoms. The standard InChI is InChI=1S/C30H42FN3O5/c1-3-21-7-6-8-22(13-21)18-32-19-28(35)27-16-23-14-25(31)17-26(15-23)39-12-5-4-11-33-29(36)10-9-24(20-38-2)30(37)34-27/h6-8,13-15,17,24,27-28,32,35H,3-5,9-12,16,18-20H2,1-2H3,(H,33,36)(H,34,37). The summed E-state index contributed by atoms with van der Waals surface area (Å²) in [6.45, 7) is 3.92. The summed E-state index contributed by atoms with van der Waals surface area (Å²) < 4.78 is 25.5. The summed E-state index contributed by atoms with van der Waals surface area (Å²) in [5.74, 6) is -1.07. The molecule has 2 aromatic carbocycles. The van der Waals surface area contributed by atoms with E-state index in [2.05, 4.69) is 35.0 Å². The first-order valence-corrected chi connectivity index (χ1v) is 13.8. The number of halogens is 1. The Kier molecular flexibility index (Phi) is 12.7. The molecule has 3 rings (SSSR count). The van der Waals surface area contributed by atoms with Crippen molar-refractivity contribution in [2.45, 2.75) is 64.1 Å². The molecule has 0 saturated carbocycles. The van der Waals surface area contributed by atoms with Crippen molar-refractivity contribution in [2.75, 3.05) is 33.4 Å². The summed E-state index contributed by atoms with van der Waals surface area (Å²) in [6, 6.07) is 12.0. The molecule has 2 amide bonds. The molecule has 9 heteroatoms. The van der Waals surface area contributed by atoms with Crippen LogP contribution in [0.4, 0.5) is 4.39 Å². The highest BCUT2D eigenvalue weighted by atomic mass is 19.1. The van der Waals surface area contributed by atoms with E-state index in [4.69, 9.17) is 9.47 Å². The van der Waals surface area contributed by atoms with E-state index in [0.717, 1.165) is 18.4 Å². The lowest BCUT2D eigenvalue weighted by atomic mass is 9.97. The van der Waals surface area contributed by atoms with Crippen LogP contribution in [0.15, 0.2) is 42.5 Å². The van der Waals surface area contributed by atoms with Gasteiger partial charge in [-0.05, 0) is 60.9 Å². The number of rotatable bonds is 8. The monoisotopic (exact) mass is 543 g/mol. The highest BCUT2D eigenvalue weighted by Gasteiger charge is 2.27. The van der Waals surface area contributed by atoms with Gasteiger partial charge < -0.3 is 30.5 Å². The van der Waals surface area contributed by atoms with Crippen LogP contribution in [0.25, 0.3) is 0 Å². The third-order valence-corrected chi connectivity index (χ3v) is 6.88. The largest absolute Gasteiger partial charge is 0.493 e. The van der Waals surface area contributed by atoms with Crippen LogP contribution < -0.4 is 20.7 Å². The SMILES string of the molecule is CCc1cccc(CNCC(O)C2Cc3cc(F)cc(c3)OCCCCNC(=O)CCC(COC)C(=O)N2)c1. The third kappa shape index (κ3) is 10.6. The molecule has 8 nitrogen and oxygen atoms in total. The van der Waals surface area contributed by atoms with Gasteiger partial charge in [0.1, 0.15) is 11.6 Å². The van der Waals surface area contributed by atoms with Gasteiger partial charge in [-0.25, -0.2) is 4.39 Å². The average Bonchev–Trinajstić information content (AvgIpc) is 2.91. The molecule has 2 aromatic rings.